The molecule has 0 saturated carbocycles. The number of nitrogens with one attached hydrogen (secondary N) is 1. The lowest BCUT2D eigenvalue weighted by Gasteiger charge is -2.19. The maximum Gasteiger partial charge on any atom is 0.328 e. The number of carbonyl (C=O) groups excluding carboxylic acids is 2. The molecule has 0 radical (unpaired) electrons. The molecule has 0 aliphatic rings. The highest BCUT2D eigenvalue weighted by Gasteiger charge is 2.23. The van der Waals surface area contributed by atoms with E-state index in [1.807, 2.05) is 61.0 Å². The smallest absolute Gasteiger partial charge is 0.328 e. The summed E-state index contributed by atoms with van der Waals surface area (Å²) in [5.41, 5.74) is 1.89. The van der Waals surface area contributed by atoms with Gasteiger partial charge in [0.25, 0.3) is 0 Å². The van der Waals surface area contributed by atoms with Crippen LogP contribution in [-0.2, 0) is 27.4 Å². The molecule has 1 heterocycles. The Hall–Kier alpha value is -2.14. The van der Waals surface area contributed by atoms with Gasteiger partial charge in [-0.3, -0.25) is 4.79 Å². The van der Waals surface area contributed by atoms with Crippen molar-refractivity contribution in [1.82, 2.24) is 5.32 Å². The second kappa shape index (κ2) is 9.23. The number of ether oxygens (including phenoxy) is 1. The molecule has 0 fully saturated rings. The number of benzene rings is 1. The Balaban J connectivity index is 1.90. The molecule has 1 amide bonds. The van der Waals surface area contributed by atoms with E-state index in [-0.39, 0.29) is 30.8 Å². The van der Waals surface area contributed by atoms with Gasteiger partial charge in [0.2, 0.25) is 5.91 Å². The molecule has 2 aromatic rings. The number of hydrogen-bond acceptors (Lipinski definition) is 4. The van der Waals surface area contributed by atoms with Crippen molar-refractivity contribution in [3.05, 3.63) is 58.3 Å². The third kappa shape index (κ3) is 6.16. The number of rotatable bonds is 8. The van der Waals surface area contributed by atoms with Gasteiger partial charge in [0, 0.05) is 0 Å². The zero-order chi connectivity index (χ0) is 17.4. The Labute approximate surface area is 146 Å². The van der Waals surface area contributed by atoms with Gasteiger partial charge < -0.3 is 10.1 Å². The second-order valence-corrected chi connectivity index (χ2v) is 6.93. The average molecular weight is 345 g/mol. The number of amides is 1. The molecule has 1 atom stereocenters. The summed E-state index contributed by atoms with van der Waals surface area (Å²) in [5.74, 6) is -0.261. The molecule has 1 N–H and O–H groups in total. The van der Waals surface area contributed by atoms with E-state index in [4.69, 9.17) is 4.74 Å². The fourth-order valence-electron chi connectivity index (χ4n) is 2.34. The van der Waals surface area contributed by atoms with Crippen LogP contribution in [0.4, 0.5) is 0 Å². The molecular formula is C19H23NO3S. The van der Waals surface area contributed by atoms with Crippen molar-refractivity contribution >= 4 is 23.2 Å². The topological polar surface area (TPSA) is 55.4 Å². The second-order valence-electron chi connectivity index (χ2n) is 6.15. The molecule has 2 rings (SSSR count). The predicted octanol–water partition coefficient (Wildman–Crippen LogP) is 3.56. The van der Waals surface area contributed by atoms with E-state index in [0.29, 0.717) is 6.42 Å². The molecule has 128 valence electrons. The molecule has 4 nitrogen and oxygen atoms in total. The van der Waals surface area contributed by atoms with E-state index in [0.717, 1.165) is 11.1 Å². The van der Waals surface area contributed by atoms with E-state index >= 15 is 0 Å². The van der Waals surface area contributed by atoms with Crippen molar-refractivity contribution in [2.75, 3.05) is 0 Å². The van der Waals surface area contributed by atoms with Crippen molar-refractivity contribution in [2.45, 2.75) is 39.3 Å². The van der Waals surface area contributed by atoms with Crippen LogP contribution >= 0.6 is 11.3 Å². The zero-order valence-corrected chi connectivity index (χ0v) is 14.8. The summed E-state index contributed by atoms with van der Waals surface area (Å²) in [7, 11) is 0. The summed E-state index contributed by atoms with van der Waals surface area (Å²) < 4.78 is 5.38. The molecule has 0 spiro atoms. The highest BCUT2D eigenvalue weighted by molar-refractivity contribution is 7.08. The quantitative estimate of drug-likeness (QED) is 0.744. The maximum atomic E-state index is 12.4. The SMILES string of the molecule is CC(C)C[C@H](NC(=O)Cc1ccsc1)C(=O)OCc1ccccc1. The molecule has 0 aliphatic heterocycles. The number of carbonyl (C=O) groups is 2. The molecule has 0 bridgehead atoms. The van der Waals surface area contributed by atoms with Crippen molar-refractivity contribution in [2.24, 2.45) is 5.92 Å². The maximum absolute atomic E-state index is 12.4. The molecule has 1 aromatic carbocycles. The summed E-state index contributed by atoms with van der Waals surface area (Å²) >= 11 is 1.55. The average Bonchev–Trinajstić information content (AvgIpc) is 3.05. The van der Waals surface area contributed by atoms with Crippen LogP contribution in [0.3, 0.4) is 0 Å². The number of hydrogen-bond donors (Lipinski definition) is 1. The molecule has 1 aromatic heterocycles. The van der Waals surface area contributed by atoms with Crippen LogP contribution < -0.4 is 5.32 Å². The Bertz CT molecular complexity index is 638. The Morgan fingerprint density at radius 1 is 1.12 bits per heavy atom. The van der Waals surface area contributed by atoms with Crippen LogP contribution in [0.15, 0.2) is 47.2 Å². The third-order valence-electron chi connectivity index (χ3n) is 3.50. The first-order chi connectivity index (χ1) is 11.5. The van der Waals surface area contributed by atoms with Gasteiger partial charge in [-0.05, 0) is 40.3 Å². The van der Waals surface area contributed by atoms with E-state index in [9.17, 15) is 9.59 Å². The van der Waals surface area contributed by atoms with Gasteiger partial charge in [-0.2, -0.15) is 11.3 Å². The highest BCUT2D eigenvalue weighted by atomic mass is 32.1. The monoisotopic (exact) mass is 345 g/mol. The van der Waals surface area contributed by atoms with E-state index < -0.39 is 6.04 Å². The van der Waals surface area contributed by atoms with E-state index in [2.05, 4.69) is 5.32 Å². The minimum atomic E-state index is -0.611. The van der Waals surface area contributed by atoms with Crippen molar-refractivity contribution in [1.29, 1.82) is 0 Å². The van der Waals surface area contributed by atoms with Crippen LogP contribution in [0.5, 0.6) is 0 Å². The Morgan fingerprint density at radius 3 is 2.50 bits per heavy atom. The lowest BCUT2D eigenvalue weighted by atomic mass is 10.0. The van der Waals surface area contributed by atoms with Crippen LogP contribution in [0.25, 0.3) is 0 Å². The largest absolute Gasteiger partial charge is 0.459 e. The summed E-state index contributed by atoms with van der Waals surface area (Å²) in [6.07, 6.45) is 0.840. The van der Waals surface area contributed by atoms with Gasteiger partial charge in [-0.25, -0.2) is 4.79 Å². The van der Waals surface area contributed by atoms with Crippen LogP contribution in [0, 0.1) is 5.92 Å². The van der Waals surface area contributed by atoms with Gasteiger partial charge in [0.1, 0.15) is 12.6 Å². The van der Waals surface area contributed by atoms with Crippen LogP contribution in [-0.4, -0.2) is 17.9 Å². The summed E-state index contributed by atoms with van der Waals surface area (Å²) in [4.78, 5) is 24.5. The molecule has 5 heteroatoms. The van der Waals surface area contributed by atoms with E-state index in [1.165, 1.54) is 0 Å². The molecule has 0 unspecified atom stereocenters. The summed E-state index contributed by atoms with van der Waals surface area (Å²) in [6, 6.07) is 10.8. The third-order valence-corrected chi connectivity index (χ3v) is 4.23. The van der Waals surface area contributed by atoms with E-state index in [1.54, 1.807) is 11.3 Å². The fraction of sp³-hybridized carbons (Fsp3) is 0.368. The predicted molar refractivity (Wildman–Crippen MR) is 95.6 cm³/mol. The normalized spacial score (nSPS) is 12.0. The molecule has 24 heavy (non-hydrogen) atoms. The first-order valence-electron chi connectivity index (χ1n) is 8.05. The summed E-state index contributed by atoms with van der Waals surface area (Å²) in [6.45, 7) is 4.25. The first-order valence-corrected chi connectivity index (χ1v) is 9.00. The van der Waals surface area contributed by atoms with Gasteiger partial charge in [0.15, 0.2) is 0 Å². The standard InChI is InChI=1S/C19H23NO3S/c1-14(2)10-17(20-18(21)11-16-8-9-24-13-16)19(22)23-12-15-6-4-3-5-7-15/h3-9,13-14,17H,10-12H2,1-2H3,(H,20,21)/t17-/m0/s1. The lowest BCUT2D eigenvalue weighted by molar-refractivity contribution is -0.149. The number of esters is 1. The Morgan fingerprint density at radius 2 is 1.88 bits per heavy atom. The fourth-order valence-corrected chi connectivity index (χ4v) is 3.01. The minimum Gasteiger partial charge on any atom is -0.459 e. The van der Waals surface area contributed by atoms with Crippen molar-refractivity contribution < 1.29 is 14.3 Å². The number of thiophene rings is 1. The van der Waals surface area contributed by atoms with Crippen LogP contribution in [0.1, 0.15) is 31.4 Å². The van der Waals surface area contributed by atoms with Crippen molar-refractivity contribution in [3.63, 3.8) is 0 Å². The van der Waals surface area contributed by atoms with Gasteiger partial charge in [0.05, 0.1) is 6.42 Å². The Kier molecular flexibility index (Phi) is 7.00. The van der Waals surface area contributed by atoms with Crippen LogP contribution in [0.2, 0.25) is 0 Å². The molecule has 0 aliphatic carbocycles. The highest BCUT2D eigenvalue weighted by Crippen LogP contribution is 2.10. The molecule has 0 saturated heterocycles. The summed E-state index contributed by atoms with van der Waals surface area (Å²) in [5, 5.41) is 6.68. The minimum absolute atomic E-state index is 0.157. The van der Waals surface area contributed by atoms with Gasteiger partial charge in [-0.1, -0.05) is 44.2 Å². The first kappa shape index (κ1) is 18.2. The van der Waals surface area contributed by atoms with Crippen molar-refractivity contribution in [3.8, 4) is 0 Å². The van der Waals surface area contributed by atoms with Gasteiger partial charge in [-0.15, -0.1) is 0 Å². The lowest BCUT2D eigenvalue weighted by Crippen LogP contribution is -2.43. The van der Waals surface area contributed by atoms with Gasteiger partial charge >= 0.3 is 5.97 Å². The zero-order valence-electron chi connectivity index (χ0n) is 14.0. The molecular weight excluding hydrogens is 322 g/mol.